The van der Waals surface area contributed by atoms with E-state index in [-0.39, 0.29) is 11.8 Å². The molecule has 1 N–H and O–H groups in total. The maximum Gasteiger partial charge on any atom is 0.229 e. The van der Waals surface area contributed by atoms with Crippen LogP contribution in [0.2, 0.25) is 0 Å². The Morgan fingerprint density at radius 1 is 1.27 bits per heavy atom. The third kappa shape index (κ3) is 4.48. The number of hydrogen-bond donors (Lipinski definition) is 1. The van der Waals surface area contributed by atoms with Crippen molar-refractivity contribution in [2.45, 2.75) is 26.7 Å². The van der Waals surface area contributed by atoms with Crippen LogP contribution in [0.4, 0.5) is 10.8 Å². The van der Waals surface area contributed by atoms with Gasteiger partial charge in [-0.2, -0.15) is 0 Å². The van der Waals surface area contributed by atoms with E-state index in [4.69, 9.17) is 14.5 Å². The number of pyridine rings is 1. The first-order valence-electron chi connectivity index (χ1n) is 10.3. The molecule has 4 rings (SSSR count). The minimum atomic E-state index is -0.121. The summed E-state index contributed by atoms with van der Waals surface area (Å²) >= 11 is 1.57. The number of nitrogens with one attached hydrogen (secondary N) is 1. The van der Waals surface area contributed by atoms with Crippen molar-refractivity contribution in [2.24, 2.45) is 5.92 Å². The monoisotopic (exact) mass is 426 g/mol. The maximum absolute atomic E-state index is 13.1. The number of carbonyl (C=O) groups is 1. The van der Waals surface area contributed by atoms with Crippen LogP contribution in [0.15, 0.2) is 36.5 Å². The SMILES string of the molecule is CCOc1ccc(OCC)c(NC(=O)[C@H]2CCCN(c3nc4cccnc4s3)C2)c1. The van der Waals surface area contributed by atoms with Gasteiger partial charge in [0.15, 0.2) is 5.13 Å². The first kappa shape index (κ1) is 20.4. The Hall–Kier alpha value is -2.87. The van der Waals surface area contributed by atoms with Gasteiger partial charge in [-0.05, 0) is 51.0 Å². The van der Waals surface area contributed by atoms with Gasteiger partial charge in [0.1, 0.15) is 21.8 Å². The molecule has 1 saturated heterocycles. The molecule has 0 unspecified atom stereocenters. The molecule has 7 nitrogen and oxygen atoms in total. The Morgan fingerprint density at radius 3 is 2.93 bits per heavy atom. The highest BCUT2D eigenvalue weighted by Gasteiger charge is 2.28. The number of anilines is 2. The van der Waals surface area contributed by atoms with E-state index in [1.54, 1.807) is 17.5 Å². The standard InChI is InChI=1S/C22H26N4O3S/c1-3-28-16-9-10-19(29-4-2)18(13-16)24-20(27)15-7-6-12-26(14-15)22-25-17-8-5-11-23-21(17)30-22/h5,8-11,13,15H,3-4,6-7,12,14H2,1-2H3,(H,24,27)/t15-/m0/s1. The highest BCUT2D eigenvalue weighted by Crippen LogP contribution is 2.33. The fourth-order valence-electron chi connectivity index (χ4n) is 3.64. The third-order valence-corrected chi connectivity index (χ3v) is 6.08. The summed E-state index contributed by atoms with van der Waals surface area (Å²) in [5.74, 6) is 1.24. The smallest absolute Gasteiger partial charge is 0.229 e. The Balaban J connectivity index is 1.48. The lowest BCUT2D eigenvalue weighted by molar-refractivity contribution is -0.120. The predicted octanol–water partition coefficient (Wildman–Crippen LogP) is 4.34. The molecule has 1 atom stereocenters. The lowest BCUT2D eigenvalue weighted by atomic mass is 9.97. The van der Waals surface area contributed by atoms with Gasteiger partial charge in [-0.1, -0.05) is 11.3 Å². The summed E-state index contributed by atoms with van der Waals surface area (Å²) in [5.41, 5.74) is 1.55. The van der Waals surface area contributed by atoms with Gasteiger partial charge in [-0.15, -0.1) is 0 Å². The van der Waals surface area contributed by atoms with E-state index in [9.17, 15) is 4.79 Å². The van der Waals surface area contributed by atoms with Crippen molar-refractivity contribution in [3.63, 3.8) is 0 Å². The van der Waals surface area contributed by atoms with Gasteiger partial charge < -0.3 is 19.7 Å². The molecule has 1 fully saturated rings. The van der Waals surface area contributed by atoms with Crippen LogP contribution >= 0.6 is 11.3 Å². The van der Waals surface area contributed by atoms with Gasteiger partial charge in [0.2, 0.25) is 5.91 Å². The average molecular weight is 427 g/mol. The van der Waals surface area contributed by atoms with Crippen LogP contribution in [0.1, 0.15) is 26.7 Å². The Labute approximate surface area is 180 Å². The number of rotatable bonds is 7. The summed E-state index contributed by atoms with van der Waals surface area (Å²) in [6, 6.07) is 9.38. The second kappa shape index (κ2) is 9.30. The van der Waals surface area contributed by atoms with Crippen LogP contribution in [-0.2, 0) is 4.79 Å². The number of amides is 1. The molecule has 2 aromatic heterocycles. The van der Waals surface area contributed by atoms with Crippen molar-refractivity contribution in [3.05, 3.63) is 36.5 Å². The van der Waals surface area contributed by atoms with Gasteiger partial charge in [0.05, 0.1) is 24.8 Å². The van der Waals surface area contributed by atoms with Crippen molar-refractivity contribution < 1.29 is 14.3 Å². The molecule has 3 heterocycles. The van der Waals surface area contributed by atoms with Crippen LogP contribution < -0.4 is 19.7 Å². The zero-order valence-corrected chi connectivity index (χ0v) is 18.1. The molecule has 0 bridgehead atoms. The zero-order valence-electron chi connectivity index (χ0n) is 17.3. The predicted molar refractivity (Wildman–Crippen MR) is 120 cm³/mol. The van der Waals surface area contributed by atoms with Gasteiger partial charge in [-0.3, -0.25) is 4.79 Å². The molecule has 0 radical (unpaired) electrons. The molecule has 0 aliphatic carbocycles. The molecular formula is C22H26N4O3S. The van der Waals surface area contributed by atoms with Crippen LogP contribution in [0.25, 0.3) is 10.3 Å². The van der Waals surface area contributed by atoms with E-state index >= 15 is 0 Å². The Morgan fingerprint density at radius 2 is 2.13 bits per heavy atom. The van der Waals surface area contributed by atoms with E-state index in [2.05, 4.69) is 15.2 Å². The fourth-order valence-corrected chi connectivity index (χ4v) is 4.58. The summed E-state index contributed by atoms with van der Waals surface area (Å²) in [5, 5.41) is 3.99. The number of benzene rings is 1. The largest absolute Gasteiger partial charge is 0.494 e. The van der Waals surface area contributed by atoms with Crippen molar-refractivity contribution >= 4 is 38.4 Å². The topological polar surface area (TPSA) is 76.6 Å². The summed E-state index contributed by atoms with van der Waals surface area (Å²) in [4.78, 5) is 25.3. The summed E-state index contributed by atoms with van der Waals surface area (Å²) < 4.78 is 11.3. The molecule has 0 spiro atoms. The van der Waals surface area contributed by atoms with E-state index in [1.165, 1.54) is 0 Å². The summed E-state index contributed by atoms with van der Waals surface area (Å²) in [7, 11) is 0. The van der Waals surface area contributed by atoms with Gasteiger partial charge in [0, 0.05) is 25.4 Å². The Bertz CT molecular complexity index is 990. The maximum atomic E-state index is 13.1. The van der Waals surface area contributed by atoms with Gasteiger partial charge >= 0.3 is 0 Å². The van der Waals surface area contributed by atoms with Crippen LogP contribution in [-0.4, -0.2) is 42.2 Å². The highest BCUT2D eigenvalue weighted by molar-refractivity contribution is 7.21. The van der Waals surface area contributed by atoms with Crippen molar-refractivity contribution in [1.82, 2.24) is 9.97 Å². The number of hydrogen-bond acceptors (Lipinski definition) is 7. The third-order valence-electron chi connectivity index (χ3n) is 5.04. The first-order valence-corrected chi connectivity index (χ1v) is 11.2. The summed E-state index contributed by atoms with van der Waals surface area (Å²) in [6.45, 7) is 6.49. The van der Waals surface area contributed by atoms with E-state index in [0.717, 1.165) is 34.9 Å². The number of carbonyl (C=O) groups excluding carboxylic acids is 1. The quantitative estimate of drug-likeness (QED) is 0.606. The van der Waals surface area contributed by atoms with Gasteiger partial charge in [0.25, 0.3) is 0 Å². The van der Waals surface area contributed by atoms with Crippen molar-refractivity contribution in [2.75, 3.05) is 36.5 Å². The van der Waals surface area contributed by atoms with Crippen LogP contribution in [0, 0.1) is 5.92 Å². The normalized spacial score (nSPS) is 16.5. The number of piperidine rings is 1. The molecule has 8 heteroatoms. The zero-order chi connectivity index (χ0) is 20.9. The van der Waals surface area contributed by atoms with E-state index < -0.39 is 0 Å². The number of ether oxygens (including phenoxy) is 2. The number of nitrogens with zero attached hydrogens (tertiary/aromatic N) is 3. The van der Waals surface area contributed by atoms with E-state index in [0.29, 0.717) is 36.9 Å². The van der Waals surface area contributed by atoms with Gasteiger partial charge in [-0.25, -0.2) is 9.97 Å². The van der Waals surface area contributed by atoms with Crippen molar-refractivity contribution in [1.29, 1.82) is 0 Å². The molecule has 158 valence electrons. The Kier molecular flexibility index (Phi) is 6.32. The first-order chi connectivity index (χ1) is 14.7. The minimum absolute atomic E-state index is 0.00598. The molecule has 3 aromatic rings. The second-order valence-corrected chi connectivity index (χ2v) is 8.08. The number of fused-ring (bicyclic) bond motifs is 1. The minimum Gasteiger partial charge on any atom is -0.494 e. The fraction of sp³-hybridized carbons (Fsp3) is 0.409. The lowest BCUT2D eigenvalue weighted by Crippen LogP contribution is -2.40. The second-order valence-electron chi connectivity index (χ2n) is 7.12. The van der Waals surface area contributed by atoms with Crippen LogP contribution in [0.5, 0.6) is 11.5 Å². The molecule has 1 aliphatic heterocycles. The highest BCUT2D eigenvalue weighted by atomic mass is 32.1. The average Bonchev–Trinajstić information content (AvgIpc) is 3.20. The molecule has 1 aromatic carbocycles. The number of thiazole rings is 1. The molecule has 1 aliphatic rings. The molecule has 0 saturated carbocycles. The van der Waals surface area contributed by atoms with Crippen molar-refractivity contribution in [3.8, 4) is 11.5 Å². The molecule has 30 heavy (non-hydrogen) atoms. The van der Waals surface area contributed by atoms with E-state index in [1.807, 2.05) is 44.2 Å². The molecule has 1 amide bonds. The summed E-state index contributed by atoms with van der Waals surface area (Å²) in [6.07, 6.45) is 3.57. The molecular weight excluding hydrogens is 400 g/mol. The van der Waals surface area contributed by atoms with Crippen LogP contribution in [0.3, 0.4) is 0 Å². The lowest BCUT2D eigenvalue weighted by Gasteiger charge is -2.31. The number of aromatic nitrogens is 2.